The molecule has 0 fully saturated rings. The molecule has 0 unspecified atom stereocenters. The highest BCUT2D eigenvalue weighted by atomic mass is 16.2. The molecule has 0 saturated heterocycles. The third-order valence-electron chi connectivity index (χ3n) is 6.80. The zero-order chi connectivity index (χ0) is 31.8. The van der Waals surface area contributed by atoms with Gasteiger partial charge in [-0.05, 0) is 61.7 Å². The van der Waals surface area contributed by atoms with E-state index in [1.807, 2.05) is 26.0 Å². The predicted molar refractivity (Wildman–Crippen MR) is 175 cm³/mol. The maximum absolute atomic E-state index is 13.5. The summed E-state index contributed by atoms with van der Waals surface area (Å²) < 4.78 is 1.33. The maximum atomic E-state index is 13.5. The first kappa shape index (κ1) is 31.5. The summed E-state index contributed by atoms with van der Waals surface area (Å²) in [5.74, 6) is -0.622. The number of amidine groups is 1. The normalized spacial score (nSPS) is 10.8. The van der Waals surface area contributed by atoms with Crippen LogP contribution in [0.2, 0.25) is 0 Å². The number of anilines is 3. The first-order chi connectivity index (χ1) is 21.0. The van der Waals surface area contributed by atoms with Crippen molar-refractivity contribution < 1.29 is 9.59 Å². The molecule has 0 saturated carbocycles. The third-order valence-corrected chi connectivity index (χ3v) is 6.80. The van der Waals surface area contributed by atoms with Gasteiger partial charge in [-0.25, -0.2) is 4.98 Å². The lowest BCUT2D eigenvalue weighted by molar-refractivity contribution is -0.121. The molecule has 4 aromatic rings. The van der Waals surface area contributed by atoms with Crippen LogP contribution in [0.5, 0.6) is 0 Å². The summed E-state index contributed by atoms with van der Waals surface area (Å²) in [6.45, 7) is 5.80. The SMILES string of the molecule is CCCc1ccc(C(=O)Nc2cc(N)cc(-c3cnc(NC(C)C)c(=O)n3CC(=O)NCc3ccc(C(=N)N)cc3)c2)cc1. The van der Waals surface area contributed by atoms with Crippen molar-refractivity contribution in [2.24, 2.45) is 5.73 Å². The monoisotopic (exact) mass is 594 g/mol. The van der Waals surface area contributed by atoms with E-state index in [4.69, 9.17) is 16.9 Å². The van der Waals surface area contributed by atoms with Gasteiger partial charge in [-0.15, -0.1) is 0 Å². The van der Waals surface area contributed by atoms with E-state index in [0.29, 0.717) is 33.8 Å². The van der Waals surface area contributed by atoms with E-state index in [9.17, 15) is 14.4 Å². The van der Waals surface area contributed by atoms with Gasteiger partial charge >= 0.3 is 0 Å². The van der Waals surface area contributed by atoms with Crippen LogP contribution >= 0.6 is 0 Å². The number of carbonyl (C=O) groups is 2. The van der Waals surface area contributed by atoms with Crippen molar-refractivity contribution in [2.45, 2.75) is 52.7 Å². The fourth-order valence-electron chi connectivity index (χ4n) is 4.64. The standard InChI is InChI=1S/C33H38N8O3/c1-4-5-21-6-12-24(13-7-21)32(43)40-27-15-25(14-26(34)16-27)28-18-38-31(39-20(2)3)33(44)41(28)19-29(42)37-17-22-8-10-23(11-9-22)30(35)36/h6-16,18,20H,4-5,17,19,34H2,1-3H3,(H3,35,36)(H,37,42)(H,38,39)(H,40,43). The second-order valence-corrected chi connectivity index (χ2v) is 10.8. The van der Waals surface area contributed by atoms with E-state index in [0.717, 1.165) is 24.0 Å². The van der Waals surface area contributed by atoms with Gasteiger partial charge in [-0.2, -0.15) is 0 Å². The number of aromatic nitrogens is 2. The van der Waals surface area contributed by atoms with Crippen LogP contribution in [0.1, 0.15) is 54.2 Å². The van der Waals surface area contributed by atoms with Crippen molar-refractivity contribution in [3.8, 4) is 11.3 Å². The first-order valence-corrected chi connectivity index (χ1v) is 14.4. The molecule has 0 radical (unpaired) electrons. The number of nitrogens with zero attached hydrogens (tertiary/aromatic N) is 2. The minimum absolute atomic E-state index is 0.0404. The van der Waals surface area contributed by atoms with Crippen molar-refractivity contribution in [1.82, 2.24) is 14.9 Å². The molecule has 0 aliphatic carbocycles. The number of aryl methyl sites for hydroxylation is 1. The first-order valence-electron chi connectivity index (χ1n) is 14.4. The number of amides is 2. The predicted octanol–water partition coefficient (Wildman–Crippen LogP) is 4.12. The molecule has 0 bridgehead atoms. The topological polar surface area (TPSA) is 181 Å². The van der Waals surface area contributed by atoms with Gasteiger partial charge in [-0.1, -0.05) is 49.7 Å². The molecule has 0 aliphatic rings. The molecule has 228 valence electrons. The molecule has 11 heteroatoms. The lowest BCUT2D eigenvalue weighted by atomic mass is 10.1. The quantitative estimate of drug-likeness (QED) is 0.0810. The minimum Gasteiger partial charge on any atom is -0.399 e. The van der Waals surface area contributed by atoms with Crippen molar-refractivity contribution in [3.05, 3.63) is 106 Å². The molecular weight excluding hydrogens is 556 g/mol. The van der Waals surface area contributed by atoms with Crippen molar-refractivity contribution in [1.29, 1.82) is 5.41 Å². The molecule has 3 aromatic carbocycles. The van der Waals surface area contributed by atoms with Crippen LogP contribution in [-0.4, -0.2) is 33.2 Å². The fourth-order valence-corrected chi connectivity index (χ4v) is 4.64. The second-order valence-electron chi connectivity index (χ2n) is 10.8. The summed E-state index contributed by atoms with van der Waals surface area (Å²) in [5, 5.41) is 16.3. The summed E-state index contributed by atoms with van der Waals surface area (Å²) >= 11 is 0. The fraction of sp³-hybridized carbons (Fsp3) is 0.242. The summed E-state index contributed by atoms with van der Waals surface area (Å²) in [6, 6.07) is 19.3. The van der Waals surface area contributed by atoms with Crippen LogP contribution in [0.4, 0.5) is 17.2 Å². The lowest BCUT2D eigenvalue weighted by Gasteiger charge is -2.17. The molecule has 8 N–H and O–H groups in total. The van der Waals surface area contributed by atoms with Gasteiger partial charge in [0.05, 0.1) is 11.9 Å². The summed E-state index contributed by atoms with van der Waals surface area (Å²) in [5.41, 5.74) is 16.0. The number of nitrogen functional groups attached to an aromatic ring is 2. The highest BCUT2D eigenvalue weighted by Crippen LogP contribution is 2.26. The minimum atomic E-state index is -0.475. The van der Waals surface area contributed by atoms with Crippen molar-refractivity contribution in [3.63, 3.8) is 0 Å². The van der Waals surface area contributed by atoms with Crippen LogP contribution in [0.15, 0.2) is 77.7 Å². The zero-order valence-electron chi connectivity index (χ0n) is 25.1. The van der Waals surface area contributed by atoms with E-state index in [2.05, 4.69) is 27.9 Å². The van der Waals surface area contributed by atoms with Gasteiger partial charge in [0.15, 0.2) is 5.82 Å². The number of benzene rings is 3. The van der Waals surface area contributed by atoms with E-state index in [-0.39, 0.29) is 36.7 Å². The average Bonchev–Trinajstić information content (AvgIpc) is 2.98. The molecule has 0 aliphatic heterocycles. The van der Waals surface area contributed by atoms with Gasteiger partial charge < -0.3 is 27.4 Å². The van der Waals surface area contributed by atoms with Gasteiger partial charge in [-0.3, -0.25) is 24.4 Å². The number of nitrogens with one attached hydrogen (secondary N) is 4. The smallest absolute Gasteiger partial charge is 0.294 e. The van der Waals surface area contributed by atoms with Gasteiger partial charge in [0.25, 0.3) is 11.5 Å². The number of hydrogen-bond donors (Lipinski definition) is 6. The Morgan fingerprint density at radius 2 is 1.64 bits per heavy atom. The average molecular weight is 595 g/mol. The third kappa shape index (κ3) is 8.09. The number of nitrogens with two attached hydrogens (primary N) is 2. The summed E-state index contributed by atoms with van der Waals surface area (Å²) in [7, 11) is 0. The Balaban J connectivity index is 1.60. The van der Waals surface area contributed by atoms with Crippen LogP contribution in [-0.2, 0) is 24.3 Å². The zero-order valence-corrected chi connectivity index (χ0v) is 25.1. The molecular formula is C33H38N8O3. The van der Waals surface area contributed by atoms with Crippen molar-refractivity contribution >= 4 is 34.8 Å². The van der Waals surface area contributed by atoms with Crippen LogP contribution in [0.3, 0.4) is 0 Å². The summed E-state index contributed by atoms with van der Waals surface area (Å²) in [6.07, 6.45) is 3.46. The molecule has 44 heavy (non-hydrogen) atoms. The summed E-state index contributed by atoms with van der Waals surface area (Å²) in [4.78, 5) is 44.0. The van der Waals surface area contributed by atoms with Gasteiger partial charge in [0.2, 0.25) is 5.91 Å². The van der Waals surface area contributed by atoms with Crippen LogP contribution < -0.4 is 33.0 Å². The van der Waals surface area contributed by atoms with Gasteiger partial charge in [0, 0.05) is 40.7 Å². The molecule has 0 atom stereocenters. The molecule has 4 rings (SSSR count). The molecule has 11 nitrogen and oxygen atoms in total. The molecule has 1 heterocycles. The highest BCUT2D eigenvalue weighted by Gasteiger charge is 2.17. The van der Waals surface area contributed by atoms with E-state index in [1.165, 1.54) is 10.8 Å². The highest BCUT2D eigenvalue weighted by molar-refractivity contribution is 6.04. The van der Waals surface area contributed by atoms with Gasteiger partial charge in [0.1, 0.15) is 12.4 Å². The van der Waals surface area contributed by atoms with Crippen LogP contribution in [0.25, 0.3) is 11.3 Å². The lowest BCUT2D eigenvalue weighted by Crippen LogP contribution is -2.35. The Morgan fingerprint density at radius 1 is 0.977 bits per heavy atom. The Kier molecular flexibility index (Phi) is 10.1. The maximum Gasteiger partial charge on any atom is 0.294 e. The van der Waals surface area contributed by atoms with E-state index >= 15 is 0 Å². The number of hydrogen-bond acceptors (Lipinski definition) is 7. The Labute approximate surface area is 256 Å². The van der Waals surface area contributed by atoms with E-state index < -0.39 is 11.5 Å². The molecule has 2 amide bonds. The van der Waals surface area contributed by atoms with Crippen molar-refractivity contribution in [2.75, 3.05) is 16.4 Å². The Bertz CT molecular complexity index is 1710. The number of carbonyl (C=O) groups excluding carboxylic acids is 2. The second kappa shape index (κ2) is 14.1. The Morgan fingerprint density at radius 3 is 2.27 bits per heavy atom. The molecule has 1 aromatic heterocycles. The van der Waals surface area contributed by atoms with E-state index in [1.54, 1.807) is 54.6 Å². The number of rotatable bonds is 12. The molecule has 0 spiro atoms. The Hall–Kier alpha value is -5.45. The van der Waals surface area contributed by atoms with Crippen LogP contribution in [0, 0.1) is 5.41 Å². The largest absolute Gasteiger partial charge is 0.399 e.